The van der Waals surface area contributed by atoms with Crippen LogP contribution in [0, 0.1) is 5.92 Å². The lowest BCUT2D eigenvalue weighted by molar-refractivity contribution is 0.461. The van der Waals surface area contributed by atoms with Gasteiger partial charge < -0.3 is 5.32 Å². The molecule has 0 aliphatic heterocycles. The normalized spacial score (nSPS) is 30.6. The van der Waals surface area contributed by atoms with Crippen LogP contribution in [0.4, 0.5) is 0 Å². The van der Waals surface area contributed by atoms with E-state index in [0.29, 0.717) is 12.0 Å². The molecule has 64 valence electrons. The summed E-state index contributed by atoms with van der Waals surface area (Å²) in [5, 5.41) is 3.23. The van der Waals surface area contributed by atoms with Crippen LogP contribution in [0.3, 0.4) is 0 Å². The molecule has 0 spiro atoms. The van der Waals surface area contributed by atoms with Crippen molar-refractivity contribution in [1.29, 1.82) is 0 Å². The van der Waals surface area contributed by atoms with Gasteiger partial charge in [0.25, 0.3) is 0 Å². The third-order valence-electron chi connectivity index (χ3n) is 2.37. The van der Waals surface area contributed by atoms with E-state index >= 15 is 0 Å². The summed E-state index contributed by atoms with van der Waals surface area (Å²) >= 11 is 4.09. The van der Waals surface area contributed by atoms with Crippen LogP contribution in [-0.2, 0) is 0 Å². The Labute approximate surface area is 73.9 Å². The summed E-state index contributed by atoms with van der Waals surface area (Å²) in [6.07, 6.45) is 3.83. The minimum absolute atomic E-state index is 0.502. The van der Waals surface area contributed by atoms with Crippen molar-refractivity contribution >= 4 is 19.3 Å². The lowest BCUT2D eigenvalue weighted by atomic mass is 10.0. The number of hydrogen-bond acceptors (Lipinski definition) is 3. The van der Waals surface area contributed by atoms with Crippen molar-refractivity contribution in [1.82, 2.24) is 5.32 Å². The maximum absolute atomic E-state index is 4.11. The second-order valence-corrected chi connectivity index (χ2v) is 3.37. The van der Waals surface area contributed by atoms with E-state index in [2.05, 4.69) is 29.7 Å². The first-order chi connectivity index (χ1) is 5.38. The minimum atomic E-state index is 0.502. The molecule has 1 fully saturated rings. The fourth-order valence-electron chi connectivity index (χ4n) is 1.75. The van der Waals surface area contributed by atoms with Crippen molar-refractivity contribution in [2.45, 2.75) is 25.3 Å². The molecule has 0 saturated heterocycles. The van der Waals surface area contributed by atoms with E-state index in [1.165, 1.54) is 19.3 Å². The van der Waals surface area contributed by atoms with Gasteiger partial charge in [0, 0.05) is 12.4 Å². The Balaban J connectivity index is 2.25. The van der Waals surface area contributed by atoms with Gasteiger partial charge in [-0.05, 0) is 25.5 Å². The Morgan fingerprint density at radius 3 is 3.00 bits per heavy atom. The summed E-state index contributed by atoms with van der Waals surface area (Å²) in [4.78, 5) is 4.11. The van der Waals surface area contributed by atoms with Crippen LogP contribution < -0.4 is 5.32 Å². The first-order valence-electron chi connectivity index (χ1n) is 4.16. The maximum atomic E-state index is 4.11. The summed E-state index contributed by atoms with van der Waals surface area (Å²) in [5.41, 5.74) is 0. The van der Waals surface area contributed by atoms with Crippen LogP contribution in [0.15, 0.2) is 4.99 Å². The number of rotatable bonds is 4. The van der Waals surface area contributed by atoms with Crippen LogP contribution in [0.1, 0.15) is 19.3 Å². The van der Waals surface area contributed by atoms with E-state index in [1.807, 2.05) is 0 Å². The SMILES string of the molecule is C=NC1CCCC1CNCS. The van der Waals surface area contributed by atoms with Crippen molar-refractivity contribution in [3.8, 4) is 0 Å². The Morgan fingerprint density at radius 2 is 2.36 bits per heavy atom. The highest BCUT2D eigenvalue weighted by molar-refractivity contribution is 7.80. The zero-order valence-electron chi connectivity index (χ0n) is 6.79. The van der Waals surface area contributed by atoms with Crippen LogP contribution in [0.25, 0.3) is 0 Å². The smallest absolute Gasteiger partial charge is 0.0532 e. The van der Waals surface area contributed by atoms with Gasteiger partial charge in [0.2, 0.25) is 0 Å². The van der Waals surface area contributed by atoms with Crippen LogP contribution in [-0.4, -0.2) is 25.2 Å². The van der Waals surface area contributed by atoms with Gasteiger partial charge in [-0.25, -0.2) is 0 Å². The van der Waals surface area contributed by atoms with E-state index in [1.54, 1.807) is 0 Å². The minimum Gasteiger partial charge on any atom is -0.308 e. The molecule has 2 atom stereocenters. The van der Waals surface area contributed by atoms with E-state index in [9.17, 15) is 0 Å². The zero-order valence-corrected chi connectivity index (χ0v) is 7.69. The van der Waals surface area contributed by atoms with Crippen molar-refractivity contribution in [2.24, 2.45) is 10.9 Å². The largest absolute Gasteiger partial charge is 0.308 e. The molecular formula is C8H16N2S. The van der Waals surface area contributed by atoms with E-state index in [0.717, 1.165) is 12.4 Å². The molecule has 0 aromatic carbocycles. The molecule has 2 nitrogen and oxygen atoms in total. The Kier molecular flexibility index (Phi) is 3.94. The lowest BCUT2D eigenvalue weighted by Gasteiger charge is -2.14. The molecule has 0 radical (unpaired) electrons. The fraction of sp³-hybridized carbons (Fsp3) is 0.875. The van der Waals surface area contributed by atoms with Crippen LogP contribution in [0.2, 0.25) is 0 Å². The van der Waals surface area contributed by atoms with Crippen molar-refractivity contribution in [2.75, 3.05) is 12.4 Å². The number of nitrogens with one attached hydrogen (secondary N) is 1. The first-order valence-corrected chi connectivity index (χ1v) is 4.79. The lowest BCUT2D eigenvalue weighted by Crippen LogP contribution is -2.26. The van der Waals surface area contributed by atoms with E-state index in [4.69, 9.17) is 0 Å². The first kappa shape index (κ1) is 9.07. The van der Waals surface area contributed by atoms with Gasteiger partial charge in [0.1, 0.15) is 0 Å². The van der Waals surface area contributed by atoms with Gasteiger partial charge in [-0.2, -0.15) is 12.6 Å². The highest BCUT2D eigenvalue weighted by Gasteiger charge is 2.24. The standard InChI is InChI=1S/C8H16N2S/c1-9-8-4-2-3-7(8)5-10-6-11/h7-8,10-11H,1-6H2. The van der Waals surface area contributed by atoms with Gasteiger partial charge in [-0.1, -0.05) is 6.42 Å². The van der Waals surface area contributed by atoms with Gasteiger partial charge >= 0.3 is 0 Å². The number of thiol groups is 1. The molecular weight excluding hydrogens is 156 g/mol. The predicted molar refractivity (Wildman–Crippen MR) is 52.5 cm³/mol. The molecule has 1 aliphatic rings. The van der Waals surface area contributed by atoms with E-state index in [-0.39, 0.29) is 0 Å². The maximum Gasteiger partial charge on any atom is 0.0532 e. The van der Waals surface area contributed by atoms with Crippen molar-refractivity contribution in [3.05, 3.63) is 0 Å². The van der Waals surface area contributed by atoms with Crippen LogP contribution in [0.5, 0.6) is 0 Å². The molecule has 1 saturated carbocycles. The van der Waals surface area contributed by atoms with Gasteiger partial charge in [0.05, 0.1) is 6.04 Å². The number of nitrogens with zero attached hydrogens (tertiary/aromatic N) is 1. The second-order valence-electron chi connectivity index (χ2n) is 3.05. The van der Waals surface area contributed by atoms with Crippen LogP contribution >= 0.6 is 12.6 Å². The molecule has 0 heterocycles. The quantitative estimate of drug-likeness (QED) is 0.373. The summed E-state index contributed by atoms with van der Waals surface area (Å²) in [6, 6.07) is 0.502. The van der Waals surface area contributed by atoms with Gasteiger partial charge in [0.15, 0.2) is 0 Å². The van der Waals surface area contributed by atoms with Gasteiger partial charge in [-0.15, -0.1) is 0 Å². The second kappa shape index (κ2) is 4.78. The van der Waals surface area contributed by atoms with Crippen molar-refractivity contribution < 1.29 is 0 Å². The Bertz CT molecular complexity index is 127. The highest BCUT2D eigenvalue weighted by atomic mass is 32.1. The Hall–Kier alpha value is -0.0200. The third-order valence-corrected chi connectivity index (χ3v) is 2.60. The highest BCUT2D eigenvalue weighted by Crippen LogP contribution is 2.27. The zero-order chi connectivity index (χ0) is 8.10. The van der Waals surface area contributed by atoms with Gasteiger partial charge in [-0.3, -0.25) is 4.99 Å². The summed E-state index contributed by atoms with van der Waals surface area (Å²) < 4.78 is 0. The molecule has 0 aromatic heterocycles. The topological polar surface area (TPSA) is 24.4 Å². The molecule has 1 rings (SSSR count). The number of aliphatic imine (C=N–C) groups is 1. The molecule has 1 aliphatic carbocycles. The molecule has 0 aromatic rings. The molecule has 2 unspecified atom stereocenters. The van der Waals surface area contributed by atoms with Crippen molar-refractivity contribution in [3.63, 3.8) is 0 Å². The Morgan fingerprint density at radius 1 is 1.55 bits per heavy atom. The molecule has 3 heteroatoms. The number of hydrogen-bond donors (Lipinski definition) is 2. The molecule has 0 bridgehead atoms. The molecule has 1 N–H and O–H groups in total. The third kappa shape index (κ3) is 2.49. The summed E-state index contributed by atoms with van der Waals surface area (Å²) in [5.74, 6) is 1.47. The summed E-state index contributed by atoms with van der Waals surface area (Å²) in [7, 11) is 0. The fourth-order valence-corrected chi connectivity index (χ4v) is 1.87. The molecule has 0 amide bonds. The summed E-state index contributed by atoms with van der Waals surface area (Å²) in [6.45, 7) is 4.65. The molecule has 11 heavy (non-hydrogen) atoms. The predicted octanol–water partition coefficient (Wildman–Crippen LogP) is 1.33. The van der Waals surface area contributed by atoms with E-state index < -0.39 is 0 Å². The average molecular weight is 172 g/mol. The monoisotopic (exact) mass is 172 g/mol. The average Bonchev–Trinajstić information content (AvgIpc) is 2.47.